The van der Waals surface area contributed by atoms with Gasteiger partial charge in [-0.25, -0.2) is 18.4 Å². The number of aromatic hydroxyl groups is 1. The van der Waals surface area contributed by atoms with Crippen LogP contribution in [0.15, 0.2) is 42.6 Å². The number of hydrogen-bond acceptors (Lipinski definition) is 5. The lowest BCUT2D eigenvalue weighted by molar-refractivity contribution is -0.140. The van der Waals surface area contributed by atoms with Crippen LogP contribution in [0.1, 0.15) is 36.3 Å². The van der Waals surface area contributed by atoms with Crippen molar-refractivity contribution in [2.45, 2.75) is 37.4 Å². The Kier molecular flexibility index (Phi) is 5.57. The largest absolute Gasteiger partial charge is 0.503 e. The molecule has 0 aliphatic heterocycles. The first-order valence-corrected chi connectivity index (χ1v) is 10.9. The number of alkyl halides is 3. The van der Waals surface area contributed by atoms with Gasteiger partial charge in [0, 0.05) is 30.8 Å². The predicted molar refractivity (Wildman–Crippen MR) is 119 cm³/mol. The fourth-order valence-electron chi connectivity index (χ4n) is 4.71. The SMILES string of the molecule is Cn1nc(-c2cc(C(F)(F)F)c(F)c(O)c2F)c2cnc(N[C@@H]3CCC[C@H]3c3ccccc3)nc21. The van der Waals surface area contributed by atoms with Gasteiger partial charge in [-0.05, 0) is 24.5 Å². The minimum absolute atomic E-state index is 0.0865. The molecule has 6 nitrogen and oxygen atoms in total. The molecular formula is C24H20F5N5O. The molecule has 0 radical (unpaired) electrons. The molecule has 2 aromatic carbocycles. The van der Waals surface area contributed by atoms with Gasteiger partial charge in [0.25, 0.3) is 0 Å². The summed E-state index contributed by atoms with van der Waals surface area (Å²) in [5.74, 6) is -4.77. The van der Waals surface area contributed by atoms with Crippen molar-refractivity contribution in [2.24, 2.45) is 7.05 Å². The standard InChI is InChI=1S/C24H20F5N5O/c1-34-22-15(20(33-34)14-10-16(24(27,28)29)19(26)21(35)18(14)25)11-30-23(32-22)31-17-9-5-8-13(17)12-6-3-2-4-7-12/h2-4,6-7,10-11,13,17,35H,5,8-9H2,1H3,(H,30,31,32)/t13-,17+/m0/s1. The molecule has 0 bridgehead atoms. The lowest BCUT2D eigenvalue weighted by atomic mass is 9.94. The lowest BCUT2D eigenvalue weighted by Crippen LogP contribution is -2.23. The Morgan fingerprint density at radius 2 is 1.83 bits per heavy atom. The van der Waals surface area contributed by atoms with Crippen LogP contribution >= 0.6 is 0 Å². The van der Waals surface area contributed by atoms with Gasteiger partial charge < -0.3 is 10.4 Å². The summed E-state index contributed by atoms with van der Waals surface area (Å²) in [6.45, 7) is 0. The summed E-state index contributed by atoms with van der Waals surface area (Å²) in [4.78, 5) is 8.73. The van der Waals surface area contributed by atoms with E-state index in [1.165, 1.54) is 23.5 Å². The van der Waals surface area contributed by atoms with Crippen molar-refractivity contribution >= 4 is 17.0 Å². The van der Waals surface area contributed by atoms with Crippen LogP contribution in [-0.2, 0) is 13.2 Å². The number of phenols is 1. The third-order valence-electron chi connectivity index (χ3n) is 6.38. The molecule has 0 saturated heterocycles. The van der Waals surface area contributed by atoms with Crippen LogP contribution in [0.4, 0.5) is 27.9 Å². The van der Waals surface area contributed by atoms with Gasteiger partial charge >= 0.3 is 6.18 Å². The summed E-state index contributed by atoms with van der Waals surface area (Å²) >= 11 is 0. The number of anilines is 1. The number of nitrogens with zero attached hydrogens (tertiary/aromatic N) is 4. The number of aromatic nitrogens is 4. The minimum atomic E-state index is -5.14. The van der Waals surface area contributed by atoms with Crippen molar-refractivity contribution in [3.8, 4) is 17.0 Å². The molecule has 2 atom stereocenters. The Hall–Kier alpha value is -3.76. The summed E-state index contributed by atoms with van der Waals surface area (Å²) in [5, 5.41) is 17.3. The van der Waals surface area contributed by atoms with E-state index in [0.717, 1.165) is 19.3 Å². The van der Waals surface area contributed by atoms with Crippen molar-refractivity contribution < 1.29 is 27.1 Å². The van der Waals surface area contributed by atoms with E-state index in [2.05, 4.69) is 32.5 Å². The van der Waals surface area contributed by atoms with Crippen LogP contribution < -0.4 is 5.32 Å². The number of rotatable bonds is 4. The number of halogens is 5. The molecule has 5 rings (SSSR count). The summed E-state index contributed by atoms with van der Waals surface area (Å²) in [6, 6.07) is 10.5. The first-order chi connectivity index (χ1) is 16.6. The van der Waals surface area contributed by atoms with Crippen LogP contribution in [-0.4, -0.2) is 30.9 Å². The first-order valence-electron chi connectivity index (χ1n) is 10.9. The van der Waals surface area contributed by atoms with Crippen LogP contribution in [0.5, 0.6) is 5.75 Å². The second-order valence-electron chi connectivity index (χ2n) is 8.55. The van der Waals surface area contributed by atoms with Gasteiger partial charge in [0.2, 0.25) is 5.95 Å². The van der Waals surface area contributed by atoms with Crippen LogP contribution in [0.3, 0.4) is 0 Å². The molecule has 2 aromatic heterocycles. The van der Waals surface area contributed by atoms with E-state index >= 15 is 0 Å². The van der Waals surface area contributed by atoms with Crippen molar-refractivity contribution in [2.75, 3.05) is 5.32 Å². The monoisotopic (exact) mass is 489 g/mol. The zero-order chi connectivity index (χ0) is 24.9. The quantitative estimate of drug-likeness (QED) is 0.356. The predicted octanol–water partition coefficient (Wildman–Crippen LogP) is 5.78. The average molecular weight is 489 g/mol. The van der Waals surface area contributed by atoms with Gasteiger partial charge in [-0.15, -0.1) is 0 Å². The molecule has 11 heteroatoms. The third-order valence-corrected chi connectivity index (χ3v) is 6.38. The summed E-state index contributed by atoms with van der Waals surface area (Å²) in [5.41, 5.74) is -1.29. The summed E-state index contributed by atoms with van der Waals surface area (Å²) in [7, 11) is 1.50. The van der Waals surface area contributed by atoms with E-state index in [-0.39, 0.29) is 28.7 Å². The van der Waals surface area contributed by atoms with E-state index in [0.29, 0.717) is 12.0 Å². The molecule has 1 fully saturated rings. The molecule has 182 valence electrons. The Labute approximate surface area is 196 Å². The van der Waals surface area contributed by atoms with Crippen molar-refractivity contribution in [3.63, 3.8) is 0 Å². The molecule has 2 heterocycles. The summed E-state index contributed by atoms with van der Waals surface area (Å²) < 4.78 is 69.6. The van der Waals surface area contributed by atoms with Gasteiger partial charge in [-0.2, -0.15) is 23.3 Å². The highest BCUT2D eigenvalue weighted by molar-refractivity contribution is 5.91. The number of benzene rings is 2. The lowest BCUT2D eigenvalue weighted by Gasteiger charge is -2.21. The summed E-state index contributed by atoms with van der Waals surface area (Å²) in [6.07, 6.45) is -0.859. The maximum atomic E-state index is 14.6. The Morgan fingerprint density at radius 3 is 2.54 bits per heavy atom. The van der Waals surface area contributed by atoms with Gasteiger partial charge in [0.15, 0.2) is 23.0 Å². The van der Waals surface area contributed by atoms with Crippen molar-refractivity contribution in [1.29, 1.82) is 0 Å². The molecule has 1 aliphatic carbocycles. The molecule has 2 N–H and O–H groups in total. The van der Waals surface area contributed by atoms with Crippen molar-refractivity contribution in [3.05, 3.63) is 65.4 Å². The van der Waals surface area contributed by atoms with Crippen LogP contribution in [0.25, 0.3) is 22.3 Å². The van der Waals surface area contributed by atoms with E-state index < -0.39 is 34.7 Å². The highest BCUT2D eigenvalue weighted by Gasteiger charge is 2.38. The second kappa shape index (κ2) is 8.47. The van der Waals surface area contributed by atoms with Gasteiger partial charge in [0.05, 0.1) is 10.9 Å². The molecule has 0 unspecified atom stereocenters. The number of fused-ring (bicyclic) bond motifs is 1. The fraction of sp³-hybridized carbons (Fsp3) is 0.292. The maximum absolute atomic E-state index is 14.6. The highest BCUT2D eigenvalue weighted by atomic mass is 19.4. The Bertz CT molecular complexity index is 1400. The maximum Gasteiger partial charge on any atom is 0.419 e. The topological polar surface area (TPSA) is 75.9 Å². The Morgan fingerprint density at radius 1 is 1.09 bits per heavy atom. The van der Waals surface area contributed by atoms with Crippen LogP contribution in [0.2, 0.25) is 0 Å². The number of phenolic OH excluding ortho intramolecular Hbond substituents is 1. The average Bonchev–Trinajstić information content (AvgIpc) is 3.42. The zero-order valence-electron chi connectivity index (χ0n) is 18.4. The van der Waals surface area contributed by atoms with E-state index in [1.807, 2.05) is 18.2 Å². The van der Waals surface area contributed by atoms with Crippen molar-refractivity contribution in [1.82, 2.24) is 19.7 Å². The molecule has 35 heavy (non-hydrogen) atoms. The van der Waals surface area contributed by atoms with E-state index in [4.69, 9.17) is 0 Å². The highest BCUT2D eigenvalue weighted by Crippen LogP contribution is 2.41. The minimum Gasteiger partial charge on any atom is -0.503 e. The Balaban J connectivity index is 1.52. The number of hydrogen-bond donors (Lipinski definition) is 2. The fourth-order valence-corrected chi connectivity index (χ4v) is 4.71. The van der Waals surface area contributed by atoms with Gasteiger partial charge in [-0.1, -0.05) is 36.8 Å². The molecule has 1 saturated carbocycles. The molecule has 0 spiro atoms. The van der Waals surface area contributed by atoms with Gasteiger partial charge in [-0.3, -0.25) is 0 Å². The molecule has 4 aromatic rings. The van der Waals surface area contributed by atoms with E-state index in [1.54, 1.807) is 0 Å². The normalized spacial score (nSPS) is 18.3. The van der Waals surface area contributed by atoms with Gasteiger partial charge in [0.1, 0.15) is 5.69 Å². The smallest absolute Gasteiger partial charge is 0.419 e. The molecule has 1 aliphatic rings. The molecular weight excluding hydrogens is 469 g/mol. The van der Waals surface area contributed by atoms with Crippen LogP contribution in [0, 0.1) is 11.6 Å². The van der Waals surface area contributed by atoms with E-state index in [9.17, 15) is 27.1 Å². The second-order valence-corrected chi connectivity index (χ2v) is 8.55. The molecule has 0 amide bonds. The number of aryl methyl sites for hydroxylation is 1. The number of nitrogens with one attached hydrogen (secondary N) is 1. The third kappa shape index (κ3) is 4.04. The first kappa shape index (κ1) is 23.0. The zero-order valence-corrected chi connectivity index (χ0v) is 18.4.